The Morgan fingerprint density at radius 3 is 2.52 bits per heavy atom. The van der Waals surface area contributed by atoms with Gasteiger partial charge in [0.05, 0.1) is 12.2 Å². The van der Waals surface area contributed by atoms with Gasteiger partial charge in [0.1, 0.15) is 0 Å². The van der Waals surface area contributed by atoms with Crippen molar-refractivity contribution in [2.24, 2.45) is 11.8 Å². The highest BCUT2D eigenvalue weighted by molar-refractivity contribution is 5.89. The molecule has 0 heterocycles. The number of nitrogens with one attached hydrogen (secondary N) is 1. The number of carbonyl (C=O) groups is 1. The Bertz CT molecular complexity index is 453. The topological polar surface area (TPSA) is 38.3 Å². The number of hydrogen-bond donors (Lipinski definition) is 1. The standard InChI is InChI=1S/C18H27NO2/c1-4-21-18(20)14-9-11-15(12-10-14)19-17-8-6-5-7-16(17)13(2)3/h9-13,16-17,19H,4-8H2,1-3H3. The molecular formula is C18H27NO2. The Morgan fingerprint density at radius 1 is 1.24 bits per heavy atom. The minimum Gasteiger partial charge on any atom is -0.462 e. The van der Waals surface area contributed by atoms with Gasteiger partial charge in [-0.25, -0.2) is 4.79 Å². The Balaban J connectivity index is 2.00. The summed E-state index contributed by atoms with van der Waals surface area (Å²) in [6.07, 6.45) is 5.21. The molecule has 0 aliphatic heterocycles. The molecular weight excluding hydrogens is 262 g/mol. The average molecular weight is 289 g/mol. The van der Waals surface area contributed by atoms with Gasteiger partial charge in [-0.05, 0) is 55.9 Å². The molecule has 2 unspecified atom stereocenters. The molecule has 2 atom stereocenters. The number of benzene rings is 1. The van der Waals surface area contributed by atoms with Crippen LogP contribution in [0.1, 0.15) is 56.8 Å². The van der Waals surface area contributed by atoms with Crippen LogP contribution < -0.4 is 5.32 Å². The molecule has 2 rings (SSSR count). The van der Waals surface area contributed by atoms with E-state index in [9.17, 15) is 4.79 Å². The van der Waals surface area contributed by atoms with Crippen LogP contribution >= 0.6 is 0 Å². The summed E-state index contributed by atoms with van der Waals surface area (Å²) in [5.41, 5.74) is 1.71. The minimum absolute atomic E-state index is 0.248. The van der Waals surface area contributed by atoms with E-state index in [1.165, 1.54) is 25.7 Å². The third kappa shape index (κ3) is 4.23. The maximum atomic E-state index is 11.6. The molecule has 1 fully saturated rings. The lowest BCUT2D eigenvalue weighted by molar-refractivity contribution is 0.0526. The van der Waals surface area contributed by atoms with Crippen molar-refractivity contribution in [3.8, 4) is 0 Å². The zero-order chi connectivity index (χ0) is 15.2. The van der Waals surface area contributed by atoms with E-state index >= 15 is 0 Å². The first-order chi connectivity index (χ1) is 10.1. The third-order valence-corrected chi connectivity index (χ3v) is 4.42. The molecule has 0 saturated heterocycles. The summed E-state index contributed by atoms with van der Waals surface area (Å²) in [5, 5.41) is 3.66. The fourth-order valence-corrected chi connectivity index (χ4v) is 3.27. The van der Waals surface area contributed by atoms with E-state index in [0.717, 1.165) is 11.6 Å². The Labute approximate surface area is 128 Å². The molecule has 3 nitrogen and oxygen atoms in total. The Hall–Kier alpha value is -1.51. The van der Waals surface area contributed by atoms with Gasteiger partial charge in [-0.1, -0.05) is 26.7 Å². The zero-order valence-electron chi connectivity index (χ0n) is 13.4. The van der Waals surface area contributed by atoms with Gasteiger partial charge in [-0.2, -0.15) is 0 Å². The van der Waals surface area contributed by atoms with Crippen molar-refractivity contribution in [2.45, 2.75) is 52.5 Å². The van der Waals surface area contributed by atoms with Crippen molar-refractivity contribution < 1.29 is 9.53 Å². The molecule has 1 aliphatic carbocycles. The molecule has 1 aliphatic rings. The quantitative estimate of drug-likeness (QED) is 0.812. The molecule has 0 spiro atoms. The SMILES string of the molecule is CCOC(=O)c1ccc(NC2CCCCC2C(C)C)cc1. The summed E-state index contributed by atoms with van der Waals surface area (Å²) in [5.74, 6) is 1.20. The van der Waals surface area contributed by atoms with Crippen molar-refractivity contribution in [1.82, 2.24) is 0 Å². The molecule has 1 saturated carbocycles. The van der Waals surface area contributed by atoms with E-state index in [-0.39, 0.29) is 5.97 Å². The lowest BCUT2D eigenvalue weighted by Gasteiger charge is -2.35. The molecule has 21 heavy (non-hydrogen) atoms. The molecule has 1 aromatic carbocycles. The summed E-state index contributed by atoms with van der Waals surface area (Å²) >= 11 is 0. The monoisotopic (exact) mass is 289 g/mol. The maximum absolute atomic E-state index is 11.6. The van der Waals surface area contributed by atoms with E-state index in [1.807, 2.05) is 31.2 Å². The Morgan fingerprint density at radius 2 is 1.90 bits per heavy atom. The summed E-state index contributed by atoms with van der Waals surface area (Å²) < 4.78 is 5.01. The fourth-order valence-electron chi connectivity index (χ4n) is 3.27. The van der Waals surface area contributed by atoms with E-state index in [2.05, 4.69) is 19.2 Å². The van der Waals surface area contributed by atoms with E-state index in [0.29, 0.717) is 24.1 Å². The van der Waals surface area contributed by atoms with Crippen LogP contribution in [0.15, 0.2) is 24.3 Å². The fraction of sp³-hybridized carbons (Fsp3) is 0.611. The first kappa shape index (κ1) is 15.9. The van der Waals surface area contributed by atoms with Gasteiger partial charge in [0.25, 0.3) is 0 Å². The van der Waals surface area contributed by atoms with E-state index in [1.54, 1.807) is 0 Å². The lowest BCUT2D eigenvalue weighted by atomic mass is 9.78. The summed E-state index contributed by atoms with van der Waals surface area (Å²) in [4.78, 5) is 11.6. The van der Waals surface area contributed by atoms with Crippen molar-refractivity contribution in [3.63, 3.8) is 0 Å². The predicted octanol–water partition coefficient (Wildman–Crippen LogP) is 4.49. The van der Waals surface area contributed by atoms with Crippen LogP contribution in [0.3, 0.4) is 0 Å². The summed E-state index contributed by atoms with van der Waals surface area (Å²) in [6.45, 7) is 6.86. The zero-order valence-corrected chi connectivity index (χ0v) is 13.4. The van der Waals surface area contributed by atoms with Crippen molar-refractivity contribution in [1.29, 1.82) is 0 Å². The highest BCUT2D eigenvalue weighted by Gasteiger charge is 2.27. The molecule has 0 aromatic heterocycles. The van der Waals surface area contributed by atoms with Crippen molar-refractivity contribution >= 4 is 11.7 Å². The number of ether oxygens (including phenoxy) is 1. The van der Waals surface area contributed by atoms with Crippen LogP contribution in [0.5, 0.6) is 0 Å². The van der Waals surface area contributed by atoms with Crippen molar-refractivity contribution in [3.05, 3.63) is 29.8 Å². The molecule has 1 aromatic rings. The first-order valence-corrected chi connectivity index (χ1v) is 8.15. The van der Waals surface area contributed by atoms with Gasteiger partial charge in [-0.15, -0.1) is 0 Å². The van der Waals surface area contributed by atoms with Crippen LogP contribution in [0.2, 0.25) is 0 Å². The molecule has 0 bridgehead atoms. The molecule has 0 amide bonds. The van der Waals surface area contributed by atoms with Crippen molar-refractivity contribution in [2.75, 3.05) is 11.9 Å². The van der Waals surface area contributed by atoms with Crippen LogP contribution in [-0.2, 0) is 4.74 Å². The van der Waals surface area contributed by atoms with Gasteiger partial charge in [0, 0.05) is 11.7 Å². The number of rotatable bonds is 5. The normalized spacial score (nSPS) is 22.1. The highest BCUT2D eigenvalue weighted by Crippen LogP contribution is 2.32. The van der Waals surface area contributed by atoms with Gasteiger partial charge in [0.2, 0.25) is 0 Å². The molecule has 3 heteroatoms. The van der Waals surface area contributed by atoms with Crippen LogP contribution in [0.25, 0.3) is 0 Å². The van der Waals surface area contributed by atoms with Gasteiger partial charge < -0.3 is 10.1 Å². The molecule has 1 N–H and O–H groups in total. The second-order valence-corrected chi connectivity index (χ2v) is 6.24. The van der Waals surface area contributed by atoms with E-state index < -0.39 is 0 Å². The number of carbonyl (C=O) groups excluding carboxylic acids is 1. The first-order valence-electron chi connectivity index (χ1n) is 8.15. The van der Waals surface area contributed by atoms with Gasteiger partial charge >= 0.3 is 5.97 Å². The predicted molar refractivity (Wildman–Crippen MR) is 86.6 cm³/mol. The smallest absolute Gasteiger partial charge is 0.338 e. The van der Waals surface area contributed by atoms with Gasteiger partial charge in [0.15, 0.2) is 0 Å². The second-order valence-electron chi connectivity index (χ2n) is 6.24. The van der Waals surface area contributed by atoms with Crippen LogP contribution in [-0.4, -0.2) is 18.6 Å². The van der Waals surface area contributed by atoms with Crippen LogP contribution in [0.4, 0.5) is 5.69 Å². The number of hydrogen-bond acceptors (Lipinski definition) is 3. The van der Waals surface area contributed by atoms with E-state index in [4.69, 9.17) is 4.74 Å². The van der Waals surface area contributed by atoms with Crippen LogP contribution in [0, 0.1) is 11.8 Å². The number of anilines is 1. The Kier molecular flexibility index (Phi) is 5.66. The number of esters is 1. The third-order valence-electron chi connectivity index (χ3n) is 4.42. The van der Waals surface area contributed by atoms with Gasteiger partial charge in [-0.3, -0.25) is 0 Å². The second kappa shape index (κ2) is 7.48. The largest absolute Gasteiger partial charge is 0.462 e. The molecule has 0 radical (unpaired) electrons. The minimum atomic E-state index is -0.248. The average Bonchev–Trinajstić information content (AvgIpc) is 2.48. The highest BCUT2D eigenvalue weighted by atomic mass is 16.5. The lowest BCUT2D eigenvalue weighted by Crippen LogP contribution is -2.35. The summed E-state index contributed by atoms with van der Waals surface area (Å²) in [6, 6.07) is 8.20. The summed E-state index contributed by atoms with van der Waals surface area (Å²) in [7, 11) is 0. The molecule has 116 valence electrons. The maximum Gasteiger partial charge on any atom is 0.338 e.